The summed E-state index contributed by atoms with van der Waals surface area (Å²) in [6.45, 7) is 1.81. The molecule has 0 saturated carbocycles. The zero-order valence-corrected chi connectivity index (χ0v) is 20.4. The Labute approximate surface area is 207 Å². The van der Waals surface area contributed by atoms with Gasteiger partial charge in [0.05, 0.1) is 18.6 Å². The van der Waals surface area contributed by atoms with Crippen LogP contribution in [0.25, 0.3) is 5.69 Å². The highest BCUT2D eigenvalue weighted by molar-refractivity contribution is 7.99. The van der Waals surface area contributed by atoms with Crippen LogP contribution in [0.15, 0.2) is 59.8 Å². The van der Waals surface area contributed by atoms with Crippen LogP contribution in [0.1, 0.15) is 18.4 Å². The summed E-state index contributed by atoms with van der Waals surface area (Å²) in [5, 5.41) is 12.7. The number of carbonyl (C=O) groups is 2. The van der Waals surface area contributed by atoms with Gasteiger partial charge in [-0.15, -0.1) is 10.2 Å². The minimum absolute atomic E-state index is 0.0704. The van der Waals surface area contributed by atoms with E-state index in [9.17, 15) is 9.59 Å². The number of halogens is 1. The van der Waals surface area contributed by atoms with Crippen molar-refractivity contribution in [2.24, 2.45) is 0 Å². The minimum atomic E-state index is -0.772. The molecule has 1 saturated heterocycles. The van der Waals surface area contributed by atoms with Crippen molar-refractivity contribution >= 4 is 41.2 Å². The second-order valence-corrected chi connectivity index (χ2v) is 9.29. The van der Waals surface area contributed by atoms with Gasteiger partial charge in [-0.2, -0.15) is 0 Å². The van der Waals surface area contributed by atoms with Crippen LogP contribution in [-0.4, -0.2) is 58.6 Å². The maximum Gasteiger partial charge on any atom is 0.328 e. The topological polar surface area (TPSA) is 89.3 Å². The molecule has 1 atom stereocenters. The van der Waals surface area contributed by atoms with E-state index in [0.717, 1.165) is 43.1 Å². The molecule has 8 nitrogen and oxygen atoms in total. The number of methoxy groups -OCH3 is 1. The molecule has 1 aliphatic rings. The fraction of sp³-hybridized carbons (Fsp3) is 0.333. The first-order valence-electron chi connectivity index (χ1n) is 11.1. The van der Waals surface area contributed by atoms with Gasteiger partial charge >= 0.3 is 5.97 Å². The summed E-state index contributed by atoms with van der Waals surface area (Å²) in [5.74, 6) is 0.0283. The number of anilines is 1. The monoisotopic (exact) mass is 499 g/mol. The number of hydrogen-bond donors (Lipinski definition) is 1. The molecule has 4 rings (SSSR count). The lowest BCUT2D eigenvalue weighted by Crippen LogP contribution is -2.43. The molecule has 0 spiro atoms. The maximum atomic E-state index is 12.8. The number of amides is 1. The lowest BCUT2D eigenvalue weighted by atomic mass is 10.1. The van der Waals surface area contributed by atoms with Crippen molar-refractivity contribution in [3.05, 3.63) is 65.2 Å². The number of esters is 1. The SMILES string of the molecule is COC(=O)C(Cc1ccccc1)NC(=O)CSc1nnc(N2CCCC2)n1-c1cccc(Cl)c1. The molecule has 0 aliphatic carbocycles. The van der Waals surface area contributed by atoms with E-state index in [1.807, 2.05) is 59.2 Å². The molecule has 1 N–H and O–H groups in total. The van der Waals surface area contributed by atoms with Gasteiger partial charge in [0.1, 0.15) is 6.04 Å². The fourth-order valence-electron chi connectivity index (χ4n) is 3.87. The number of nitrogens with zero attached hydrogens (tertiary/aromatic N) is 4. The van der Waals surface area contributed by atoms with E-state index in [1.54, 1.807) is 0 Å². The Balaban J connectivity index is 1.49. The lowest BCUT2D eigenvalue weighted by Gasteiger charge is -2.19. The van der Waals surface area contributed by atoms with Crippen molar-refractivity contribution in [2.75, 3.05) is 30.9 Å². The highest BCUT2D eigenvalue weighted by atomic mass is 35.5. The van der Waals surface area contributed by atoms with E-state index in [4.69, 9.17) is 16.3 Å². The number of nitrogens with one attached hydrogen (secondary N) is 1. The number of rotatable bonds is 9. The van der Waals surface area contributed by atoms with Crippen molar-refractivity contribution in [1.82, 2.24) is 20.1 Å². The number of thioether (sulfide) groups is 1. The van der Waals surface area contributed by atoms with E-state index < -0.39 is 12.0 Å². The second kappa shape index (κ2) is 11.4. The molecular formula is C24H26ClN5O3S. The zero-order chi connectivity index (χ0) is 23.9. The van der Waals surface area contributed by atoms with Gasteiger partial charge in [-0.1, -0.05) is 59.8 Å². The summed E-state index contributed by atoms with van der Waals surface area (Å²) in [6, 6.07) is 16.2. The van der Waals surface area contributed by atoms with Crippen LogP contribution in [0.2, 0.25) is 5.02 Å². The molecule has 2 aromatic carbocycles. The molecule has 2 heterocycles. The average molecular weight is 500 g/mol. The van der Waals surface area contributed by atoms with Gasteiger partial charge in [-0.3, -0.25) is 9.36 Å². The summed E-state index contributed by atoms with van der Waals surface area (Å²) >= 11 is 7.50. The molecule has 1 fully saturated rings. The summed E-state index contributed by atoms with van der Waals surface area (Å²) in [6.07, 6.45) is 2.55. The van der Waals surface area contributed by atoms with Crippen LogP contribution in [-0.2, 0) is 20.7 Å². The quantitative estimate of drug-likeness (QED) is 0.356. The molecular weight excluding hydrogens is 474 g/mol. The number of hydrogen-bond acceptors (Lipinski definition) is 7. The van der Waals surface area contributed by atoms with Gasteiger partial charge in [-0.05, 0) is 36.6 Å². The number of benzene rings is 2. The summed E-state index contributed by atoms with van der Waals surface area (Å²) in [4.78, 5) is 27.2. The van der Waals surface area contributed by atoms with Crippen LogP contribution in [0, 0.1) is 0 Å². The first-order chi connectivity index (χ1) is 16.5. The van der Waals surface area contributed by atoms with Crippen LogP contribution in [0.4, 0.5) is 5.95 Å². The molecule has 1 aromatic heterocycles. The van der Waals surface area contributed by atoms with Gasteiger partial charge in [0.25, 0.3) is 0 Å². The Bertz CT molecular complexity index is 1130. The second-order valence-electron chi connectivity index (χ2n) is 7.91. The smallest absolute Gasteiger partial charge is 0.328 e. The number of carbonyl (C=O) groups excluding carboxylic acids is 2. The molecule has 3 aromatic rings. The zero-order valence-electron chi connectivity index (χ0n) is 18.8. The third-order valence-corrected chi connectivity index (χ3v) is 6.67. The summed E-state index contributed by atoms with van der Waals surface area (Å²) in [5.41, 5.74) is 1.76. The molecule has 1 aliphatic heterocycles. The minimum Gasteiger partial charge on any atom is -0.467 e. The van der Waals surface area contributed by atoms with Crippen molar-refractivity contribution in [3.63, 3.8) is 0 Å². The maximum absolute atomic E-state index is 12.8. The first kappa shape index (κ1) is 24.1. The molecule has 0 radical (unpaired) electrons. The highest BCUT2D eigenvalue weighted by Gasteiger charge is 2.25. The van der Waals surface area contributed by atoms with Crippen LogP contribution >= 0.6 is 23.4 Å². The van der Waals surface area contributed by atoms with Crippen molar-refractivity contribution in [1.29, 1.82) is 0 Å². The van der Waals surface area contributed by atoms with Crippen molar-refractivity contribution < 1.29 is 14.3 Å². The van der Waals surface area contributed by atoms with Gasteiger partial charge in [0.2, 0.25) is 11.9 Å². The van der Waals surface area contributed by atoms with Crippen LogP contribution in [0.5, 0.6) is 0 Å². The van der Waals surface area contributed by atoms with Gasteiger partial charge < -0.3 is 15.0 Å². The highest BCUT2D eigenvalue weighted by Crippen LogP contribution is 2.29. The Morgan fingerprint density at radius 3 is 2.59 bits per heavy atom. The van der Waals surface area contributed by atoms with Crippen LogP contribution < -0.4 is 10.2 Å². The largest absolute Gasteiger partial charge is 0.467 e. The van der Waals surface area contributed by atoms with Gasteiger partial charge in [0.15, 0.2) is 5.16 Å². The number of ether oxygens (including phenoxy) is 1. The van der Waals surface area contributed by atoms with E-state index in [0.29, 0.717) is 16.6 Å². The molecule has 34 heavy (non-hydrogen) atoms. The molecule has 0 bridgehead atoms. The van der Waals surface area contributed by atoms with Gasteiger partial charge in [0, 0.05) is 24.5 Å². The lowest BCUT2D eigenvalue weighted by molar-refractivity contribution is -0.144. The fourth-order valence-corrected chi connectivity index (χ4v) is 4.81. The first-order valence-corrected chi connectivity index (χ1v) is 12.4. The van der Waals surface area contributed by atoms with Crippen molar-refractivity contribution in [2.45, 2.75) is 30.5 Å². The van der Waals surface area contributed by atoms with Crippen molar-refractivity contribution in [3.8, 4) is 5.69 Å². The average Bonchev–Trinajstić information content (AvgIpc) is 3.52. The normalized spacial score (nSPS) is 14.1. The summed E-state index contributed by atoms with van der Waals surface area (Å²) < 4.78 is 6.82. The number of aromatic nitrogens is 3. The van der Waals surface area contributed by atoms with Crippen LogP contribution in [0.3, 0.4) is 0 Å². The molecule has 1 unspecified atom stereocenters. The van der Waals surface area contributed by atoms with E-state index in [2.05, 4.69) is 20.4 Å². The van der Waals surface area contributed by atoms with E-state index >= 15 is 0 Å². The predicted octanol–water partition coefficient (Wildman–Crippen LogP) is 3.51. The Hall–Kier alpha value is -3.04. The summed E-state index contributed by atoms with van der Waals surface area (Å²) in [7, 11) is 1.31. The van der Waals surface area contributed by atoms with Gasteiger partial charge in [-0.25, -0.2) is 4.79 Å². The van der Waals surface area contributed by atoms with E-state index in [1.165, 1.54) is 18.9 Å². The standard InChI is InChI=1S/C24H26ClN5O3S/c1-33-22(32)20(14-17-8-3-2-4-9-17)26-21(31)16-34-24-28-27-23(29-12-5-6-13-29)30(24)19-11-7-10-18(25)15-19/h2-4,7-11,15,20H,5-6,12-14,16H2,1H3,(H,26,31). The third-order valence-electron chi connectivity index (χ3n) is 5.51. The molecule has 178 valence electrons. The molecule has 10 heteroatoms. The van der Waals surface area contributed by atoms with E-state index in [-0.39, 0.29) is 11.7 Å². The Morgan fingerprint density at radius 1 is 1.12 bits per heavy atom. The predicted molar refractivity (Wildman–Crippen MR) is 133 cm³/mol. The Morgan fingerprint density at radius 2 is 1.88 bits per heavy atom. The third kappa shape index (κ3) is 5.90. The Kier molecular flexibility index (Phi) is 8.08. The molecule has 1 amide bonds.